The maximum atomic E-state index is 11.5. The number of nitro groups is 1. The molecule has 0 unspecified atom stereocenters. The number of hydrogen-bond acceptors (Lipinski definition) is 6. The molecular formula is C21H19N3O5. The molecule has 3 aromatic rings. The number of imidazole rings is 1. The lowest BCUT2D eigenvalue weighted by atomic mass is 9.98. The van der Waals surface area contributed by atoms with Crippen molar-refractivity contribution in [3.8, 4) is 17.1 Å². The van der Waals surface area contributed by atoms with Gasteiger partial charge >= 0.3 is 11.8 Å². The van der Waals surface area contributed by atoms with Gasteiger partial charge in [0.25, 0.3) is 0 Å². The summed E-state index contributed by atoms with van der Waals surface area (Å²) >= 11 is 0. The van der Waals surface area contributed by atoms with Gasteiger partial charge in [0.1, 0.15) is 18.9 Å². The number of nitrogens with zero attached hydrogens (tertiary/aromatic N) is 3. The summed E-state index contributed by atoms with van der Waals surface area (Å²) in [4.78, 5) is 25.6. The van der Waals surface area contributed by atoms with Gasteiger partial charge in [0.15, 0.2) is 5.78 Å². The second-order valence-electron chi connectivity index (χ2n) is 6.83. The number of carbonyl (C=O) groups excluding carboxylic acids is 1. The van der Waals surface area contributed by atoms with E-state index in [0.29, 0.717) is 18.7 Å². The Kier molecular flexibility index (Phi) is 5.09. The summed E-state index contributed by atoms with van der Waals surface area (Å²) in [7, 11) is 0. The smallest absolute Gasteiger partial charge is 0.414 e. The fourth-order valence-corrected chi connectivity index (χ4v) is 3.28. The van der Waals surface area contributed by atoms with Crippen molar-refractivity contribution >= 4 is 11.6 Å². The van der Waals surface area contributed by atoms with Crippen LogP contribution in [0.25, 0.3) is 11.1 Å². The summed E-state index contributed by atoms with van der Waals surface area (Å²) in [6.45, 7) is 2.63. The van der Waals surface area contributed by atoms with Crippen molar-refractivity contribution in [1.82, 2.24) is 9.55 Å². The van der Waals surface area contributed by atoms with Gasteiger partial charge in [-0.3, -0.25) is 9.36 Å². The lowest BCUT2D eigenvalue weighted by molar-refractivity contribution is -0.389. The van der Waals surface area contributed by atoms with Crippen LogP contribution in [0.4, 0.5) is 5.82 Å². The summed E-state index contributed by atoms with van der Waals surface area (Å²) in [6, 6.07) is 15.6. The van der Waals surface area contributed by atoms with Crippen molar-refractivity contribution in [3.05, 3.63) is 76.0 Å². The predicted molar refractivity (Wildman–Crippen MR) is 105 cm³/mol. The lowest BCUT2D eigenvalue weighted by Gasteiger charge is -2.23. The number of ether oxygens (including phenoxy) is 2. The molecule has 0 saturated carbocycles. The number of ketones is 1. The van der Waals surface area contributed by atoms with Crippen molar-refractivity contribution in [1.29, 1.82) is 0 Å². The normalized spacial score (nSPS) is 15.4. The van der Waals surface area contributed by atoms with Gasteiger partial charge in [-0.25, -0.2) is 0 Å². The molecule has 2 heterocycles. The van der Waals surface area contributed by atoms with Crippen molar-refractivity contribution < 1.29 is 19.2 Å². The average Bonchev–Trinajstić information content (AvgIpc) is 3.16. The summed E-state index contributed by atoms with van der Waals surface area (Å²) in [5.41, 5.74) is 3.71. The van der Waals surface area contributed by atoms with Gasteiger partial charge in [-0.15, -0.1) is 0 Å². The van der Waals surface area contributed by atoms with Crippen LogP contribution in [0.1, 0.15) is 22.8 Å². The predicted octanol–water partition coefficient (Wildman–Crippen LogP) is 3.64. The highest BCUT2D eigenvalue weighted by Gasteiger charge is 2.28. The standard InChI is InChI=1S/C21H19N3O5/c1-14(25)15-6-8-16(9-7-15)19-5-3-2-4-17(19)12-28-18-10-23-11-20(24(26)27)22-21(23)29-13-18/h2-9,11,18H,10,12-13H2,1H3/t18-/m0/s1. The van der Waals surface area contributed by atoms with E-state index < -0.39 is 4.92 Å². The molecule has 0 N–H and O–H groups in total. The Labute approximate surface area is 166 Å². The minimum atomic E-state index is -0.543. The first-order valence-corrected chi connectivity index (χ1v) is 9.16. The third-order valence-electron chi connectivity index (χ3n) is 4.81. The number of benzene rings is 2. The highest BCUT2D eigenvalue weighted by molar-refractivity contribution is 5.94. The van der Waals surface area contributed by atoms with Crippen molar-refractivity contribution in [2.24, 2.45) is 0 Å². The zero-order chi connectivity index (χ0) is 20.4. The number of fused-ring (bicyclic) bond motifs is 1. The molecule has 1 atom stereocenters. The molecule has 2 aromatic carbocycles. The second-order valence-corrected chi connectivity index (χ2v) is 6.83. The second kappa shape index (κ2) is 7.84. The van der Waals surface area contributed by atoms with Crippen LogP contribution in [0.3, 0.4) is 0 Å². The van der Waals surface area contributed by atoms with Crippen molar-refractivity contribution in [2.75, 3.05) is 6.61 Å². The van der Waals surface area contributed by atoms with Crippen LogP contribution < -0.4 is 4.74 Å². The molecule has 148 valence electrons. The molecule has 4 rings (SSSR count). The van der Waals surface area contributed by atoms with E-state index in [9.17, 15) is 14.9 Å². The Morgan fingerprint density at radius 3 is 2.76 bits per heavy atom. The van der Waals surface area contributed by atoms with Gasteiger partial charge in [-0.05, 0) is 28.5 Å². The molecule has 0 saturated heterocycles. The van der Waals surface area contributed by atoms with Crippen LogP contribution >= 0.6 is 0 Å². The largest absolute Gasteiger partial charge is 0.443 e. The van der Waals surface area contributed by atoms with Crippen LogP contribution in [0, 0.1) is 10.1 Å². The van der Waals surface area contributed by atoms with Gasteiger partial charge in [0.05, 0.1) is 13.2 Å². The maximum absolute atomic E-state index is 11.5. The molecule has 1 aromatic heterocycles. The monoisotopic (exact) mass is 393 g/mol. The topological polar surface area (TPSA) is 96.5 Å². The molecule has 0 amide bonds. The van der Waals surface area contributed by atoms with E-state index in [1.165, 1.54) is 6.20 Å². The van der Waals surface area contributed by atoms with Gasteiger partial charge in [0.2, 0.25) is 0 Å². The average molecular weight is 393 g/mol. The molecule has 0 radical (unpaired) electrons. The van der Waals surface area contributed by atoms with E-state index in [1.807, 2.05) is 48.5 Å². The number of hydrogen-bond donors (Lipinski definition) is 0. The molecule has 0 spiro atoms. The van der Waals surface area contributed by atoms with E-state index >= 15 is 0 Å². The fourth-order valence-electron chi connectivity index (χ4n) is 3.28. The summed E-state index contributed by atoms with van der Waals surface area (Å²) in [6.07, 6.45) is 1.11. The van der Waals surface area contributed by atoms with Gasteiger partial charge in [-0.2, -0.15) is 0 Å². The Morgan fingerprint density at radius 2 is 2.03 bits per heavy atom. The van der Waals surface area contributed by atoms with Crippen LogP contribution in [-0.4, -0.2) is 33.0 Å². The molecule has 1 aliphatic heterocycles. The van der Waals surface area contributed by atoms with E-state index in [1.54, 1.807) is 11.5 Å². The highest BCUT2D eigenvalue weighted by atomic mass is 16.6. The third kappa shape index (κ3) is 4.02. The zero-order valence-corrected chi connectivity index (χ0v) is 15.8. The first-order chi connectivity index (χ1) is 14.0. The van der Waals surface area contributed by atoms with Crippen molar-refractivity contribution in [3.63, 3.8) is 0 Å². The van der Waals surface area contributed by atoms with E-state index in [0.717, 1.165) is 16.7 Å². The van der Waals surface area contributed by atoms with Crippen LogP contribution in [0.2, 0.25) is 0 Å². The van der Waals surface area contributed by atoms with Crippen LogP contribution in [-0.2, 0) is 17.9 Å². The van der Waals surface area contributed by atoms with E-state index in [4.69, 9.17) is 9.47 Å². The van der Waals surface area contributed by atoms with Gasteiger partial charge in [0, 0.05) is 10.5 Å². The van der Waals surface area contributed by atoms with Gasteiger partial charge in [-0.1, -0.05) is 48.5 Å². The third-order valence-corrected chi connectivity index (χ3v) is 4.81. The first kappa shape index (κ1) is 18.8. The Hall–Kier alpha value is -3.52. The van der Waals surface area contributed by atoms with Crippen molar-refractivity contribution in [2.45, 2.75) is 26.2 Å². The Balaban J connectivity index is 1.46. The molecule has 0 bridgehead atoms. The summed E-state index contributed by atoms with van der Waals surface area (Å²) in [5.74, 6) is -0.204. The first-order valence-electron chi connectivity index (χ1n) is 9.16. The minimum Gasteiger partial charge on any atom is -0.443 e. The number of rotatable bonds is 6. The fraction of sp³-hybridized carbons (Fsp3) is 0.238. The molecule has 29 heavy (non-hydrogen) atoms. The number of aromatic nitrogens is 2. The molecule has 0 aliphatic carbocycles. The quantitative estimate of drug-likeness (QED) is 0.360. The zero-order valence-electron chi connectivity index (χ0n) is 15.8. The molecular weight excluding hydrogens is 374 g/mol. The summed E-state index contributed by atoms with van der Waals surface area (Å²) in [5, 5.41) is 10.9. The van der Waals surface area contributed by atoms with Gasteiger partial charge < -0.3 is 19.6 Å². The SMILES string of the molecule is CC(=O)c1ccc(-c2ccccc2CO[C@@H]2COc3nc([N+](=O)[O-])cn3C2)cc1. The Bertz CT molecular complexity index is 1060. The minimum absolute atomic E-state index is 0.0320. The lowest BCUT2D eigenvalue weighted by Crippen LogP contribution is -2.32. The van der Waals surface area contributed by atoms with E-state index in [-0.39, 0.29) is 30.3 Å². The molecule has 8 nitrogen and oxygen atoms in total. The molecule has 1 aliphatic rings. The summed E-state index contributed by atoms with van der Waals surface area (Å²) < 4.78 is 13.1. The van der Waals surface area contributed by atoms with Crippen LogP contribution in [0.5, 0.6) is 6.01 Å². The maximum Gasteiger partial charge on any atom is 0.414 e. The molecule has 8 heteroatoms. The highest BCUT2D eigenvalue weighted by Crippen LogP contribution is 2.27. The number of carbonyl (C=O) groups is 1. The molecule has 0 fully saturated rings. The number of Topliss-reactive ketones (excluding diaryl/α,β-unsaturated/α-hetero) is 1. The Morgan fingerprint density at radius 1 is 1.28 bits per heavy atom. The van der Waals surface area contributed by atoms with Crippen LogP contribution in [0.15, 0.2) is 54.7 Å². The van der Waals surface area contributed by atoms with E-state index in [2.05, 4.69) is 4.98 Å².